The van der Waals surface area contributed by atoms with Crippen LogP contribution in [-0.2, 0) is 0 Å². The van der Waals surface area contributed by atoms with Crippen molar-refractivity contribution < 1.29 is 9.59 Å². The van der Waals surface area contributed by atoms with Gasteiger partial charge in [0, 0.05) is 23.6 Å². The van der Waals surface area contributed by atoms with Gasteiger partial charge >= 0.3 is 0 Å². The van der Waals surface area contributed by atoms with Crippen molar-refractivity contribution in [1.82, 2.24) is 9.88 Å². The molecule has 2 N–H and O–H groups in total. The van der Waals surface area contributed by atoms with Gasteiger partial charge in [-0.05, 0) is 80.1 Å². The van der Waals surface area contributed by atoms with Crippen molar-refractivity contribution >= 4 is 29.1 Å². The van der Waals surface area contributed by atoms with E-state index in [1.807, 2.05) is 0 Å². The maximum absolute atomic E-state index is 13.0. The van der Waals surface area contributed by atoms with E-state index in [1.165, 1.54) is 4.57 Å². The molecule has 33 heavy (non-hydrogen) atoms. The predicted octanol–water partition coefficient (Wildman–Crippen LogP) is 5.05. The second-order valence-electron chi connectivity index (χ2n) is 8.51. The van der Waals surface area contributed by atoms with Gasteiger partial charge in [0.1, 0.15) is 5.56 Å². The molecule has 7 heteroatoms. The van der Waals surface area contributed by atoms with Crippen LogP contribution in [0.15, 0.2) is 71.7 Å². The molecule has 2 aromatic carbocycles. The molecule has 4 rings (SSSR count). The summed E-state index contributed by atoms with van der Waals surface area (Å²) in [5.41, 5.74) is 1.28. The molecule has 3 aromatic rings. The number of carbonyl (C=O) groups excluding carboxylic acids is 2. The number of benzene rings is 2. The number of hydrogen-bond acceptors (Lipinski definition) is 3. The number of anilines is 1. The van der Waals surface area contributed by atoms with Crippen LogP contribution in [0.4, 0.5) is 5.69 Å². The first-order valence-corrected chi connectivity index (χ1v) is 11.5. The summed E-state index contributed by atoms with van der Waals surface area (Å²) in [6.45, 7) is 2.22. The summed E-state index contributed by atoms with van der Waals surface area (Å²) in [6.07, 6.45) is 5.68. The van der Waals surface area contributed by atoms with Gasteiger partial charge in [0.15, 0.2) is 0 Å². The zero-order chi connectivity index (χ0) is 23.4. The Balaban J connectivity index is 1.48. The Bertz CT molecular complexity index is 1210. The Labute approximate surface area is 197 Å². The van der Waals surface area contributed by atoms with Crippen LogP contribution >= 0.6 is 11.6 Å². The zero-order valence-corrected chi connectivity index (χ0v) is 19.1. The number of pyridine rings is 1. The molecule has 1 aromatic heterocycles. The van der Waals surface area contributed by atoms with Crippen LogP contribution in [0.3, 0.4) is 0 Å². The van der Waals surface area contributed by atoms with E-state index in [9.17, 15) is 14.4 Å². The van der Waals surface area contributed by atoms with Gasteiger partial charge in [-0.1, -0.05) is 30.7 Å². The fourth-order valence-electron chi connectivity index (χ4n) is 4.09. The lowest BCUT2D eigenvalue weighted by Crippen LogP contribution is -2.40. The number of amides is 2. The standard InChI is InChI=1S/C26H26ClN3O3/c1-17-8-10-18(11-9-17)29-25(32)22-6-4-16-30(26(22)33)20-14-12-19(13-15-20)28-24(31)21-5-2-3-7-23(21)27/h2-7,12-18H,8-11H2,1H3,(H,28,31)(H,29,32). The second-order valence-corrected chi connectivity index (χ2v) is 8.92. The molecular weight excluding hydrogens is 438 g/mol. The van der Waals surface area contributed by atoms with Crippen LogP contribution in [0.2, 0.25) is 5.02 Å². The van der Waals surface area contributed by atoms with Gasteiger partial charge in [0.2, 0.25) is 0 Å². The molecule has 170 valence electrons. The SMILES string of the molecule is CC1CCC(NC(=O)c2cccn(-c3ccc(NC(=O)c4ccccc4Cl)cc3)c2=O)CC1. The summed E-state index contributed by atoms with van der Waals surface area (Å²) < 4.78 is 1.43. The van der Waals surface area contributed by atoms with E-state index in [4.69, 9.17) is 11.6 Å². The second kappa shape index (κ2) is 10.0. The highest BCUT2D eigenvalue weighted by atomic mass is 35.5. The van der Waals surface area contributed by atoms with Crippen molar-refractivity contribution in [2.24, 2.45) is 5.92 Å². The highest BCUT2D eigenvalue weighted by molar-refractivity contribution is 6.34. The van der Waals surface area contributed by atoms with Gasteiger partial charge in [-0.2, -0.15) is 0 Å². The fraction of sp³-hybridized carbons (Fsp3) is 0.269. The third kappa shape index (κ3) is 5.34. The molecule has 1 heterocycles. The largest absolute Gasteiger partial charge is 0.349 e. The van der Waals surface area contributed by atoms with Crippen molar-refractivity contribution in [1.29, 1.82) is 0 Å². The third-order valence-corrected chi connectivity index (χ3v) is 6.39. The average molecular weight is 464 g/mol. The highest BCUT2D eigenvalue weighted by Gasteiger charge is 2.22. The van der Waals surface area contributed by atoms with Gasteiger partial charge in [0.25, 0.3) is 17.4 Å². The fourth-order valence-corrected chi connectivity index (χ4v) is 4.31. The minimum Gasteiger partial charge on any atom is -0.349 e. The zero-order valence-electron chi connectivity index (χ0n) is 18.4. The predicted molar refractivity (Wildman–Crippen MR) is 130 cm³/mol. The first-order chi connectivity index (χ1) is 15.9. The van der Waals surface area contributed by atoms with Crippen molar-refractivity contribution in [3.8, 4) is 5.69 Å². The monoisotopic (exact) mass is 463 g/mol. The molecule has 2 amide bonds. The van der Waals surface area contributed by atoms with E-state index in [0.29, 0.717) is 27.9 Å². The molecule has 0 bridgehead atoms. The summed E-state index contributed by atoms with van der Waals surface area (Å²) in [4.78, 5) is 38.2. The number of rotatable bonds is 5. The number of nitrogens with one attached hydrogen (secondary N) is 2. The van der Waals surface area contributed by atoms with E-state index in [0.717, 1.165) is 25.7 Å². The van der Waals surface area contributed by atoms with E-state index in [2.05, 4.69) is 17.6 Å². The Morgan fingerprint density at radius 3 is 2.24 bits per heavy atom. The molecular formula is C26H26ClN3O3. The van der Waals surface area contributed by atoms with Gasteiger partial charge in [-0.3, -0.25) is 19.0 Å². The third-order valence-electron chi connectivity index (χ3n) is 6.06. The Kier molecular flexibility index (Phi) is 6.94. The van der Waals surface area contributed by atoms with Gasteiger partial charge < -0.3 is 10.6 Å². The van der Waals surface area contributed by atoms with Gasteiger partial charge in [-0.15, -0.1) is 0 Å². The minimum atomic E-state index is -0.382. The van der Waals surface area contributed by atoms with Crippen LogP contribution in [0.5, 0.6) is 0 Å². The van der Waals surface area contributed by atoms with Gasteiger partial charge in [-0.25, -0.2) is 0 Å². The molecule has 1 aliphatic rings. The van der Waals surface area contributed by atoms with Crippen molar-refractivity contribution in [3.05, 3.63) is 93.4 Å². The summed E-state index contributed by atoms with van der Waals surface area (Å²) in [5, 5.41) is 6.18. The lowest BCUT2D eigenvalue weighted by molar-refractivity contribution is 0.0920. The smallest absolute Gasteiger partial charge is 0.267 e. The summed E-state index contributed by atoms with van der Waals surface area (Å²) in [6, 6.07) is 17.0. The molecule has 0 spiro atoms. The van der Waals surface area contributed by atoms with Crippen LogP contribution < -0.4 is 16.2 Å². The van der Waals surface area contributed by atoms with E-state index < -0.39 is 0 Å². The first-order valence-electron chi connectivity index (χ1n) is 11.1. The summed E-state index contributed by atoms with van der Waals surface area (Å²) >= 11 is 6.08. The van der Waals surface area contributed by atoms with Crippen LogP contribution in [0, 0.1) is 5.92 Å². The number of carbonyl (C=O) groups is 2. The molecule has 0 saturated heterocycles. The summed E-state index contributed by atoms with van der Waals surface area (Å²) in [5.74, 6) is 0.0309. The molecule has 1 saturated carbocycles. The quantitative estimate of drug-likeness (QED) is 0.555. The Morgan fingerprint density at radius 2 is 1.55 bits per heavy atom. The first kappa shape index (κ1) is 22.8. The average Bonchev–Trinajstić information content (AvgIpc) is 2.81. The van der Waals surface area contributed by atoms with E-state index in [1.54, 1.807) is 66.9 Å². The molecule has 0 aliphatic heterocycles. The Morgan fingerprint density at radius 1 is 0.879 bits per heavy atom. The lowest BCUT2D eigenvalue weighted by atomic mass is 9.87. The number of aromatic nitrogens is 1. The minimum absolute atomic E-state index is 0.114. The van der Waals surface area contributed by atoms with E-state index >= 15 is 0 Å². The molecule has 6 nitrogen and oxygen atoms in total. The van der Waals surface area contributed by atoms with Crippen molar-refractivity contribution in [2.75, 3.05) is 5.32 Å². The van der Waals surface area contributed by atoms with Crippen molar-refractivity contribution in [2.45, 2.75) is 38.6 Å². The van der Waals surface area contributed by atoms with Crippen molar-refractivity contribution in [3.63, 3.8) is 0 Å². The molecule has 1 fully saturated rings. The topological polar surface area (TPSA) is 80.2 Å². The van der Waals surface area contributed by atoms with Crippen LogP contribution in [-0.4, -0.2) is 22.4 Å². The maximum Gasteiger partial charge on any atom is 0.267 e. The highest BCUT2D eigenvalue weighted by Crippen LogP contribution is 2.23. The van der Waals surface area contributed by atoms with Gasteiger partial charge in [0.05, 0.1) is 10.6 Å². The maximum atomic E-state index is 13.0. The molecule has 0 atom stereocenters. The molecule has 1 aliphatic carbocycles. The molecule has 0 unspecified atom stereocenters. The summed E-state index contributed by atoms with van der Waals surface area (Å²) in [7, 11) is 0. The lowest BCUT2D eigenvalue weighted by Gasteiger charge is -2.26. The normalized spacial score (nSPS) is 17.9. The van der Waals surface area contributed by atoms with Crippen LogP contribution in [0.25, 0.3) is 5.69 Å². The van der Waals surface area contributed by atoms with Crippen LogP contribution in [0.1, 0.15) is 53.3 Å². The number of halogens is 1. The number of nitrogens with zero attached hydrogens (tertiary/aromatic N) is 1. The van der Waals surface area contributed by atoms with E-state index in [-0.39, 0.29) is 29.0 Å². The number of hydrogen-bond donors (Lipinski definition) is 2. The molecule has 0 radical (unpaired) electrons. The Hall–Kier alpha value is -3.38.